The fraction of sp³-hybridized carbons (Fsp3) is 0.842. The van der Waals surface area contributed by atoms with Gasteiger partial charge in [-0.1, -0.05) is 20.3 Å². The number of hydrogen-bond acceptors (Lipinski definition) is 5. The van der Waals surface area contributed by atoms with E-state index in [2.05, 4.69) is 40.8 Å². The fourth-order valence-electron chi connectivity index (χ4n) is 4.22. The van der Waals surface area contributed by atoms with Crippen molar-refractivity contribution >= 4 is 5.95 Å². The second-order valence-corrected chi connectivity index (χ2v) is 7.51. The summed E-state index contributed by atoms with van der Waals surface area (Å²) >= 11 is 0. The molecule has 0 spiro atoms. The third-order valence-electron chi connectivity index (χ3n) is 5.73. The molecule has 0 bridgehead atoms. The van der Waals surface area contributed by atoms with Crippen molar-refractivity contribution in [2.45, 2.75) is 71.8 Å². The van der Waals surface area contributed by atoms with Crippen LogP contribution in [-0.4, -0.2) is 52.3 Å². The monoisotopic (exact) mass is 331 g/mol. The molecule has 0 aromatic carbocycles. The Kier molecular flexibility index (Phi) is 6.04. The van der Waals surface area contributed by atoms with Gasteiger partial charge < -0.3 is 9.80 Å². The van der Waals surface area contributed by atoms with Crippen LogP contribution in [0.1, 0.15) is 64.3 Å². The van der Waals surface area contributed by atoms with Crippen molar-refractivity contribution in [3.05, 3.63) is 11.4 Å². The van der Waals surface area contributed by atoms with E-state index >= 15 is 0 Å². The first-order chi connectivity index (χ1) is 11.7. The second kappa shape index (κ2) is 8.24. The standard InChI is InChI=1S/C19H33N5/c1-4-17-18(5-2)21-22-19(20-17)24-12-8-10-16(14-24)13-23-11-7-6-9-15(23)3/h15-16H,4-14H2,1-3H3. The first kappa shape index (κ1) is 17.6. The first-order valence-electron chi connectivity index (χ1n) is 9.92. The molecule has 1 aromatic rings. The van der Waals surface area contributed by atoms with E-state index in [1.54, 1.807) is 0 Å². The largest absolute Gasteiger partial charge is 0.339 e. The lowest BCUT2D eigenvalue weighted by atomic mass is 9.95. The number of nitrogens with zero attached hydrogens (tertiary/aromatic N) is 5. The molecule has 2 saturated heterocycles. The molecule has 0 aliphatic carbocycles. The lowest BCUT2D eigenvalue weighted by Crippen LogP contribution is -2.45. The lowest BCUT2D eigenvalue weighted by Gasteiger charge is -2.39. The van der Waals surface area contributed by atoms with Crippen LogP contribution < -0.4 is 4.90 Å². The average Bonchev–Trinajstić information content (AvgIpc) is 2.63. The van der Waals surface area contributed by atoms with Crippen molar-refractivity contribution in [2.24, 2.45) is 5.92 Å². The van der Waals surface area contributed by atoms with Gasteiger partial charge in [0.05, 0.1) is 11.4 Å². The Labute approximate surface area is 146 Å². The van der Waals surface area contributed by atoms with Crippen molar-refractivity contribution < 1.29 is 0 Å². The van der Waals surface area contributed by atoms with Crippen molar-refractivity contribution in [1.29, 1.82) is 0 Å². The molecule has 2 unspecified atom stereocenters. The van der Waals surface area contributed by atoms with Crippen LogP contribution in [0, 0.1) is 5.92 Å². The summed E-state index contributed by atoms with van der Waals surface area (Å²) in [5.74, 6) is 1.58. The molecule has 1 aromatic heterocycles. The molecule has 5 heteroatoms. The maximum absolute atomic E-state index is 4.82. The molecule has 24 heavy (non-hydrogen) atoms. The van der Waals surface area contributed by atoms with E-state index in [4.69, 9.17) is 4.98 Å². The molecular weight excluding hydrogens is 298 g/mol. The summed E-state index contributed by atoms with van der Waals surface area (Å²) < 4.78 is 0. The molecule has 2 fully saturated rings. The SMILES string of the molecule is CCc1nnc(N2CCCC(CN3CCCCC3C)C2)nc1CC. The molecule has 0 saturated carbocycles. The molecule has 3 rings (SSSR count). The third-order valence-corrected chi connectivity index (χ3v) is 5.73. The zero-order valence-electron chi connectivity index (χ0n) is 15.7. The second-order valence-electron chi connectivity index (χ2n) is 7.51. The minimum atomic E-state index is 0.735. The predicted octanol–water partition coefficient (Wildman–Crippen LogP) is 3.09. The molecule has 5 nitrogen and oxygen atoms in total. The van der Waals surface area contributed by atoms with Crippen LogP contribution in [0.4, 0.5) is 5.95 Å². The molecule has 2 aliphatic heterocycles. The number of aromatic nitrogens is 3. The fourth-order valence-corrected chi connectivity index (χ4v) is 4.22. The molecule has 0 radical (unpaired) electrons. The smallest absolute Gasteiger partial charge is 0.245 e. The normalized spacial score (nSPS) is 25.9. The van der Waals surface area contributed by atoms with Crippen LogP contribution in [0.25, 0.3) is 0 Å². The van der Waals surface area contributed by atoms with Crippen LogP contribution in [-0.2, 0) is 12.8 Å². The van der Waals surface area contributed by atoms with Gasteiger partial charge in [-0.3, -0.25) is 0 Å². The summed E-state index contributed by atoms with van der Waals surface area (Å²) in [7, 11) is 0. The highest BCUT2D eigenvalue weighted by molar-refractivity contribution is 5.31. The summed E-state index contributed by atoms with van der Waals surface area (Å²) in [5.41, 5.74) is 2.17. The van der Waals surface area contributed by atoms with Crippen LogP contribution in [0.5, 0.6) is 0 Å². The van der Waals surface area contributed by atoms with Gasteiger partial charge in [-0.15, -0.1) is 5.10 Å². The van der Waals surface area contributed by atoms with Gasteiger partial charge in [0, 0.05) is 25.7 Å². The van der Waals surface area contributed by atoms with Crippen molar-refractivity contribution in [3.8, 4) is 0 Å². The van der Waals surface area contributed by atoms with Crippen LogP contribution in [0.2, 0.25) is 0 Å². The van der Waals surface area contributed by atoms with E-state index in [0.29, 0.717) is 0 Å². The van der Waals surface area contributed by atoms with E-state index in [0.717, 1.165) is 55.2 Å². The lowest BCUT2D eigenvalue weighted by molar-refractivity contribution is 0.130. The van der Waals surface area contributed by atoms with Gasteiger partial charge in [0.2, 0.25) is 5.95 Å². The molecule has 0 amide bonds. The number of likely N-dealkylation sites (tertiary alicyclic amines) is 1. The zero-order valence-corrected chi connectivity index (χ0v) is 15.7. The quantitative estimate of drug-likeness (QED) is 0.829. The summed E-state index contributed by atoms with van der Waals surface area (Å²) in [6, 6.07) is 0.752. The Morgan fingerprint density at radius 3 is 2.54 bits per heavy atom. The summed E-state index contributed by atoms with van der Waals surface area (Å²) in [6.45, 7) is 11.3. The predicted molar refractivity (Wildman–Crippen MR) is 98.4 cm³/mol. The van der Waals surface area contributed by atoms with Gasteiger partial charge in [0.25, 0.3) is 0 Å². The maximum Gasteiger partial charge on any atom is 0.245 e. The number of aryl methyl sites for hydroxylation is 2. The molecule has 2 atom stereocenters. The van der Waals surface area contributed by atoms with E-state index in [9.17, 15) is 0 Å². The Morgan fingerprint density at radius 2 is 1.79 bits per heavy atom. The minimum absolute atomic E-state index is 0.735. The van der Waals surface area contributed by atoms with Gasteiger partial charge >= 0.3 is 0 Å². The highest BCUT2D eigenvalue weighted by atomic mass is 15.3. The molecule has 134 valence electrons. The number of piperidine rings is 2. The molecule has 2 aliphatic rings. The summed E-state index contributed by atoms with van der Waals surface area (Å²) in [5, 5.41) is 8.86. The van der Waals surface area contributed by atoms with Gasteiger partial charge in [-0.25, -0.2) is 4.98 Å². The highest BCUT2D eigenvalue weighted by Gasteiger charge is 2.27. The molecule has 3 heterocycles. The molecule has 0 N–H and O–H groups in total. The van der Waals surface area contributed by atoms with E-state index < -0.39 is 0 Å². The Morgan fingerprint density at radius 1 is 0.958 bits per heavy atom. The van der Waals surface area contributed by atoms with Gasteiger partial charge in [0.1, 0.15) is 0 Å². The van der Waals surface area contributed by atoms with Gasteiger partial charge in [0.15, 0.2) is 0 Å². The number of anilines is 1. The summed E-state index contributed by atoms with van der Waals surface area (Å²) in [6.07, 6.45) is 8.56. The molecular formula is C19H33N5. The van der Waals surface area contributed by atoms with Crippen molar-refractivity contribution in [1.82, 2.24) is 20.1 Å². The topological polar surface area (TPSA) is 45.2 Å². The Balaban J connectivity index is 1.64. The number of rotatable bonds is 5. The van der Waals surface area contributed by atoms with Crippen molar-refractivity contribution in [2.75, 3.05) is 31.1 Å². The average molecular weight is 332 g/mol. The minimum Gasteiger partial charge on any atom is -0.339 e. The van der Waals surface area contributed by atoms with E-state index in [1.807, 2.05) is 0 Å². The zero-order chi connectivity index (χ0) is 16.9. The number of hydrogen-bond donors (Lipinski definition) is 0. The van der Waals surface area contributed by atoms with Gasteiger partial charge in [-0.05, 0) is 57.9 Å². The summed E-state index contributed by atoms with van der Waals surface area (Å²) in [4.78, 5) is 9.89. The van der Waals surface area contributed by atoms with Crippen LogP contribution >= 0.6 is 0 Å². The maximum atomic E-state index is 4.82. The Hall–Kier alpha value is -1.23. The van der Waals surface area contributed by atoms with E-state index in [-0.39, 0.29) is 0 Å². The van der Waals surface area contributed by atoms with Gasteiger partial charge in [-0.2, -0.15) is 5.10 Å². The van der Waals surface area contributed by atoms with Crippen molar-refractivity contribution in [3.63, 3.8) is 0 Å². The third kappa shape index (κ3) is 4.05. The Bertz CT molecular complexity index is 532. The van der Waals surface area contributed by atoms with Crippen LogP contribution in [0.3, 0.4) is 0 Å². The van der Waals surface area contributed by atoms with E-state index in [1.165, 1.54) is 45.2 Å². The highest BCUT2D eigenvalue weighted by Crippen LogP contribution is 2.24. The first-order valence-corrected chi connectivity index (χ1v) is 9.92. The van der Waals surface area contributed by atoms with Crippen LogP contribution in [0.15, 0.2) is 0 Å².